The number of carbonyl (C=O) groups is 1. The second-order valence-electron chi connectivity index (χ2n) is 6.99. The SMILES string of the molecule is O=C(NC1CCCC1)C1CCCN(c2ccc(-n3ccnc3)nn2)C1. The second kappa shape index (κ2) is 7.21. The summed E-state index contributed by atoms with van der Waals surface area (Å²) in [6.45, 7) is 1.64. The third kappa shape index (κ3) is 3.65. The largest absolute Gasteiger partial charge is 0.354 e. The first-order valence-electron chi connectivity index (χ1n) is 9.17. The second-order valence-corrected chi connectivity index (χ2v) is 6.99. The molecule has 1 aliphatic heterocycles. The predicted molar refractivity (Wildman–Crippen MR) is 94.5 cm³/mol. The normalized spacial score (nSPS) is 21.4. The van der Waals surface area contributed by atoms with Crippen LogP contribution in [-0.2, 0) is 4.79 Å². The Bertz CT molecular complexity index is 693. The summed E-state index contributed by atoms with van der Waals surface area (Å²) in [7, 11) is 0. The molecule has 2 aromatic rings. The Morgan fingerprint density at radius 2 is 1.88 bits per heavy atom. The molecule has 1 aliphatic carbocycles. The predicted octanol–water partition coefficient (Wildman–Crippen LogP) is 1.94. The van der Waals surface area contributed by atoms with Gasteiger partial charge in [-0.1, -0.05) is 12.8 Å². The fraction of sp³-hybridized carbons (Fsp3) is 0.556. The molecule has 0 bridgehead atoms. The summed E-state index contributed by atoms with van der Waals surface area (Å²) in [5, 5.41) is 11.9. The van der Waals surface area contributed by atoms with Crippen LogP contribution in [-0.4, -0.2) is 44.8 Å². The Balaban J connectivity index is 1.39. The Morgan fingerprint density at radius 1 is 1.08 bits per heavy atom. The van der Waals surface area contributed by atoms with Crippen LogP contribution in [0.25, 0.3) is 5.82 Å². The molecule has 7 heteroatoms. The van der Waals surface area contributed by atoms with Gasteiger partial charge in [-0.2, -0.15) is 0 Å². The van der Waals surface area contributed by atoms with E-state index in [2.05, 4.69) is 25.4 Å². The summed E-state index contributed by atoms with van der Waals surface area (Å²) in [5.41, 5.74) is 0. The number of anilines is 1. The molecule has 7 nitrogen and oxygen atoms in total. The van der Waals surface area contributed by atoms with Gasteiger partial charge in [0.15, 0.2) is 11.6 Å². The van der Waals surface area contributed by atoms with E-state index in [-0.39, 0.29) is 11.8 Å². The van der Waals surface area contributed by atoms with E-state index in [0.717, 1.165) is 50.4 Å². The highest BCUT2D eigenvalue weighted by molar-refractivity contribution is 5.79. The van der Waals surface area contributed by atoms with Crippen molar-refractivity contribution in [3.05, 3.63) is 30.9 Å². The summed E-state index contributed by atoms with van der Waals surface area (Å²) in [6, 6.07) is 4.29. The maximum absolute atomic E-state index is 12.6. The van der Waals surface area contributed by atoms with Crippen molar-refractivity contribution < 1.29 is 4.79 Å². The number of nitrogens with zero attached hydrogens (tertiary/aromatic N) is 5. The first kappa shape index (κ1) is 16.1. The molecule has 1 atom stereocenters. The minimum atomic E-state index is 0.0458. The van der Waals surface area contributed by atoms with Crippen LogP contribution < -0.4 is 10.2 Å². The van der Waals surface area contributed by atoms with E-state index < -0.39 is 0 Å². The minimum absolute atomic E-state index is 0.0458. The summed E-state index contributed by atoms with van der Waals surface area (Å²) in [6.07, 6.45) is 12.0. The molecule has 0 aromatic carbocycles. The number of hydrogen-bond donors (Lipinski definition) is 1. The van der Waals surface area contributed by atoms with Gasteiger partial charge in [0.1, 0.15) is 6.33 Å². The number of nitrogens with one attached hydrogen (secondary N) is 1. The third-order valence-corrected chi connectivity index (χ3v) is 5.22. The molecule has 1 amide bonds. The van der Waals surface area contributed by atoms with Crippen LogP contribution in [0.15, 0.2) is 30.9 Å². The first-order valence-corrected chi connectivity index (χ1v) is 9.17. The quantitative estimate of drug-likeness (QED) is 0.920. The molecular formula is C18H24N6O. The van der Waals surface area contributed by atoms with Gasteiger partial charge >= 0.3 is 0 Å². The first-order chi connectivity index (χ1) is 12.3. The van der Waals surface area contributed by atoms with Crippen molar-refractivity contribution >= 4 is 11.7 Å². The highest BCUT2D eigenvalue weighted by Crippen LogP contribution is 2.23. The van der Waals surface area contributed by atoms with Crippen molar-refractivity contribution in [3.63, 3.8) is 0 Å². The van der Waals surface area contributed by atoms with Crippen LogP contribution in [0.2, 0.25) is 0 Å². The molecule has 4 rings (SSSR count). The average molecular weight is 340 g/mol. The smallest absolute Gasteiger partial charge is 0.225 e. The molecule has 25 heavy (non-hydrogen) atoms. The van der Waals surface area contributed by atoms with Gasteiger partial charge in [-0.25, -0.2) is 4.98 Å². The zero-order chi connectivity index (χ0) is 17.1. The summed E-state index contributed by atoms with van der Waals surface area (Å²) in [4.78, 5) is 18.8. The zero-order valence-corrected chi connectivity index (χ0v) is 14.3. The van der Waals surface area contributed by atoms with E-state index in [1.165, 1.54) is 12.8 Å². The zero-order valence-electron chi connectivity index (χ0n) is 14.3. The number of piperidine rings is 1. The molecule has 2 aromatic heterocycles. The van der Waals surface area contributed by atoms with Crippen LogP contribution in [0.4, 0.5) is 5.82 Å². The maximum atomic E-state index is 12.6. The van der Waals surface area contributed by atoms with Gasteiger partial charge in [-0.05, 0) is 37.8 Å². The molecule has 132 valence electrons. The molecular weight excluding hydrogens is 316 g/mol. The molecule has 1 N–H and O–H groups in total. The van der Waals surface area contributed by atoms with Crippen molar-refractivity contribution in [2.45, 2.75) is 44.6 Å². The van der Waals surface area contributed by atoms with Crippen molar-refractivity contribution in [2.24, 2.45) is 5.92 Å². The summed E-state index contributed by atoms with van der Waals surface area (Å²) >= 11 is 0. The van der Waals surface area contributed by atoms with E-state index in [1.54, 1.807) is 12.5 Å². The van der Waals surface area contributed by atoms with E-state index in [1.807, 2.05) is 22.9 Å². The van der Waals surface area contributed by atoms with Crippen molar-refractivity contribution in [2.75, 3.05) is 18.0 Å². The Kier molecular flexibility index (Phi) is 4.63. The van der Waals surface area contributed by atoms with Crippen LogP contribution in [0.5, 0.6) is 0 Å². The molecule has 2 aliphatic rings. The highest BCUT2D eigenvalue weighted by Gasteiger charge is 2.28. The number of imidazole rings is 1. The van der Waals surface area contributed by atoms with Gasteiger partial charge in [0.25, 0.3) is 0 Å². The molecule has 0 radical (unpaired) electrons. The number of carbonyl (C=O) groups excluding carboxylic acids is 1. The van der Waals surface area contributed by atoms with E-state index in [0.29, 0.717) is 6.04 Å². The van der Waals surface area contributed by atoms with Crippen LogP contribution >= 0.6 is 0 Å². The third-order valence-electron chi connectivity index (χ3n) is 5.22. The fourth-order valence-corrected chi connectivity index (χ4v) is 3.81. The monoisotopic (exact) mass is 340 g/mol. The number of amides is 1. The lowest BCUT2D eigenvalue weighted by Gasteiger charge is -2.33. The Labute approximate surface area is 147 Å². The van der Waals surface area contributed by atoms with E-state index in [9.17, 15) is 4.79 Å². The maximum Gasteiger partial charge on any atom is 0.225 e. The molecule has 0 spiro atoms. The van der Waals surface area contributed by atoms with E-state index >= 15 is 0 Å². The van der Waals surface area contributed by atoms with Crippen LogP contribution in [0.3, 0.4) is 0 Å². The van der Waals surface area contributed by atoms with Crippen molar-refractivity contribution in [1.82, 2.24) is 25.1 Å². The Morgan fingerprint density at radius 3 is 2.60 bits per heavy atom. The number of hydrogen-bond acceptors (Lipinski definition) is 5. The highest BCUT2D eigenvalue weighted by atomic mass is 16.2. The van der Waals surface area contributed by atoms with Gasteiger partial charge in [-0.15, -0.1) is 10.2 Å². The van der Waals surface area contributed by atoms with Gasteiger partial charge < -0.3 is 10.2 Å². The number of aromatic nitrogens is 4. The summed E-state index contributed by atoms with van der Waals surface area (Å²) < 4.78 is 1.82. The number of rotatable bonds is 4. The lowest BCUT2D eigenvalue weighted by atomic mass is 9.96. The Hall–Kier alpha value is -2.44. The van der Waals surface area contributed by atoms with Crippen LogP contribution in [0, 0.1) is 5.92 Å². The lowest BCUT2D eigenvalue weighted by molar-refractivity contribution is -0.125. The molecule has 3 heterocycles. The van der Waals surface area contributed by atoms with Gasteiger partial charge in [0.2, 0.25) is 5.91 Å². The van der Waals surface area contributed by atoms with Gasteiger partial charge in [-0.3, -0.25) is 9.36 Å². The van der Waals surface area contributed by atoms with Gasteiger partial charge in [0.05, 0.1) is 5.92 Å². The van der Waals surface area contributed by atoms with Crippen molar-refractivity contribution in [1.29, 1.82) is 0 Å². The summed E-state index contributed by atoms with van der Waals surface area (Å²) in [5.74, 6) is 1.83. The topological polar surface area (TPSA) is 75.9 Å². The standard InChI is InChI=1S/C18H24N6O/c25-18(20-15-5-1-2-6-15)14-4-3-10-23(12-14)16-7-8-17(22-21-16)24-11-9-19-13-24/h7-9,11,13-15H,1-6,10,12H2,(H,20,25). The average Bonchev–Trinajstić information content (AvgIpc) is 3.36. The van der Waals surface area contributed by atoms with Crippen molar-refractivity contribution in [3.8, 4) is 5.82 Å². The molecule has 1 saturated carbocycles. The lowest BCUT2D eigenvalue weighted by Crippen LogP contribution is -2.45. The minimum Gasteiger partial charge on any atom is -0.354 e. The van der Waals surface area contributed by atoms with Crippen LogP contribution in [0.1, 0.15) is 38.5 Å². The fourth-order valence-electron chi connectivity index (χ4n) is 3.81. The van der Waals surface area contributed by atoms with Gasteiger partial charge in [0, 0.05) is 31.5 Å². The molecule has 2 fully saturated rings. The van der Waals surface area contributed by atoms with E-state index in [4.69, 9.17) is 0 Å². The molecule has 1 unspecified atom stereocenters. The molecule has 1 saturated heterocycles.